The monoisotopic (exact) mass is 251 g/mol. The van der Waals surface area contributed by atoms with Crippen molar-refractivity contribution in [1.29, 1.82) is 0 Å². The van der Waals surface area contributed by atoms with Gasteiger partial charge in [-0.2, -0.15) is 5.10 Å². The summed E-state index contributed by atoms with van der Waals surface area (Å²) in [6.07, 6.45) is 2.73. The van der Waals surface area contributed by atoms with Gasteiger partial charge in [-0.25, -0.2) is 4.98 Å². The maximum absolute atomic E-state index is 12.0. The molecule has 0 saturated carbocycles. The normalized spacial score (nSPS) is 16.7. The zero-order valence-corrected chi connectivity index (χ0v) is 10.6. The first-order valence-corrected chi connectivity index (χ1v) is 5.95. The summed E-state index contributed by atoms with van der Waals surface area (Å²) >= 11 is 0. The average molecular weight is 251 g/mol. The number of aromatic amines is 1. The van der Waals surface area contributed by atoms with E-state index in [9.17, 15) is 9.59 Å². The Kier molecular flexibility index (Phi) is 3.59. The van der Waals surface area contributed by atoms with Crippen LogP contribution in [0.5, 0.6) is 0 Å². The molecule has 2 rings (SSSR count). The summed E-state index contributed by atoms with van der Waals surface area (Å²) in [5.41, 5.74) is 0. The van der Waals surface area contributed by atoms with Gasteiger partial charge in [0.15, 0.2) is 0 Å². The minimum atomic E-state index is -0.150. The second-order valence-electron chi connectivity index (χ2n) is 4.63. The third-order valence-corrected chi connectivity index (χ3v) is 3.19. The Morgan fingerprint density at radius 2 is 2.06 bits per heavy atom. The number of carbonyl (C=O) groups excluding carboxylic acids is 2. The van der Waals surface area contributed by atoms with E-state index in [0.29, 0.717) is 25.9 Å². The topological polar surface area (TPSA) is 82.2 Å². The van der Waals surface area contributed by atoms with Gasteiger partial charge in [0.05, 0.1) is 0 Å². The number of H-pyrrole nitrogens is 1. The van der Waals surface area contributed by atoms with E-state index in [1.165, 1.54) is 6.33 Å². The highest BCUT2D eigenvalue weighted by Gasteiger charge is 2.29. The maximum Gasteiger partial charge on any atom is 0.291 e. The van der Waals surface area contributed by atoms with Gasteiger partial charge in [-0.3, -0.25) is 14.7 Å². The largest absolute Gasteiger partial charge is 0.349 e. The molecule has 0 atom stereocenters. The molecule has 0 bridgehead atoms. The van der Waals surface area contributed by atoms with Gasteiger partial charge < -0.3 is 9.80 Å². The van der Waals surface area contributed by atoms with Gasteiger partial charge in [-0.05, 0) is 12.8 Å². The number of nitrogens with zero attached hydrogens (tertiary/aromatic N) is 4. The average Bonchev–Trinajstić information content (AvgIpc) is 2.91. The minimum absolute atomic E-state index is 0.0266. The van der Waals surface area contributed by atoms with Gasteiger partial charge in [0.25, 0.3) is 5.91 Å². The van der Waals surface area contributed by atoms with E-state index >= 15 is 0 Å². The van der Waals surface area contributed by atoms with E-state index < -0.39 is 0 Å². The van der Waals surface area contributed by atoms with E-state index in [-0.39, 0.29) is 23.6 Å². The Morgan fingerprint density at radius 1 is 1.39 bits per heavy atom. The summed E-state index contributed by atoms with van der Waals surface area (Å²) in [6.45, 7) is 1.17. The van der Waals surface area contributed by atoms with Crippen molar-refractivity contribution >= 4 is 11.8 Å². The number of likely N-dealkylation sites (tertiary alicyclic amines) is 1. The van der Waals surface area contributed by atoms with Crippen molar-refractivity contribution in [2.24, 2.45) is 5.92 Å². The van der Waals surface area contributed by atoms with Crippen LogP contribution in [0.2, 0.25) is 0 Å². The molecule has 1 aromatic rings. The van der Waals surface area contributed by atoms with Crippen LogP contribution in [0, 0.1) is 5.92 Å². The molecule has 1 saturated heterocycles. The zero-order valence-electron chi connectivity index (χ0n) is 10.6. The van der Waals surface area contributed by atoms with Crippen LogP contribution in [-0.4, -0.2) is 64.0 Å². The number of carbonyl (C=O) groups is 2. The van der Waals surface area contributed by atoms with Crippen molar-refractivity contribution in [2.45, 2.75) is 12.8 Å². The van der Waals surface area contributed by atoms with Crippen molar-refractivity contribution < 1.29 is 9.59 Å². The van der Waals surface area contributed by atoms with Crippen LogP contribution in [0.4, 0.5) is 0 Å². The summed E-state index contributed by atoms with van der Waals surface area (Å²) in [4.78, 5) is 30.9. The first-order valence-electron chi connectivity index (χ1n) is 5.95. The SMILES string of the molecule is CN(C)C(=O)C1CCN(C(=O)c2ncn[nH]2)CC1. The van der Waals surface area contributed by atoms with E-state index in [1.807, 2.05) is 0 Å². The summed E-state index contributed by atoms with van der Waals surface area (Å²) in [7, 11) is 3.52. The van der Waals surface area contributed by atoms with Crippen molar-refractivity contribution in [3.05, 3.63) is 12.2 Å². The lowest BCUT2D eigenvalue weighted by Crippen LogP contribution is -2.43. The quantitative estimate of drug-likeness (QED) is 0.785. The molecule has 0 spiro atoms. The van der Waals surface area contributed by atoms with Crippen LogP contribution in [0.15, 0.2) is 6.33 Å². The standard InChI is InChI=1S/C11H17N5O2/c1-15(2)10(17)8-3-5-16(6-4-8)11(18)9-12-7-13-14-9/h7-8H,3-6H2,1-2H3,(H,12,13,14). The van der Waals surface area contributed by atoms with Crippen molar-refractivity contribution in [1.82, 2.24) is 25.0 Å². The summed E-state index contributed by atoms with van der Waals surface area (Å²) in [5.74, 6) is 0.274. The molecule has 18 heavy (non-hydrogen) atoms. The lowest BCUT2D eigenvalue weighted by Gasteiger charge is -2.31. The van der Waals surface area contributed by atoms with Gasteiger partial charge in [-0.1, -0.05) is 0 Å². The predicted octanol–water partition coefficient (Wildman–Crippen LogP) is -0.255. The Hall–Kier alpha value is -1.92. The first kappa shape index (κ1) is 12.5. The molecule has 98 valence electrons. The Morgan fingerprint density at radius 3 is 2.56 bits per heavy atom. The van der Waals surface area contributed by atoms with Crippen LogP contribution in [0.1, 0.15) is 23.5 Å². The number of amides is 2. The van der Waals surface area contributed by atoms with E-state index in [0.717, 1.165) is 0 Å². The molecule has 0 unspecified atom stereocenters. The molecular formula is C11H17N5O2. The molecule has 7 heteroatoms. The maximum atomic E-state index is 12.0. The lowest BCUT2D eigenvalue weighted by molar-refractivity contribution is -0.134. The molecule has 2 heterocycles. The number of nitrogens with one attached hydrogen (secondary N) is 1. The number of hydrogen-bond donors (Lipinski definition) is 1. The van der Waals surface area contributed by atoms with Crippen LogP contribution >= 0.6 is 0 Å². The zero-order chi connectivity index (χ0) is 13.1. The van der Waals surface area contributed by atoms with Crippen LogP contribution in [0.25, 0.3) is 0 Å². The fourth-order valence-corrected chi connectivity index (χ4v) is 2.15. The number of rotatable bonds is 2. The number of hydrogen-bond acceptors (Lipinski definition) is 4. The van der Waals surface area contributed by atoms with Gasteiger partial charge in [0, 0.05) is 33.1 Å². The van der Waals surface area contributed by atoms with Gasteiger partial charge >= 0.3 is 0 Å². The molecule has 1 aromatic heterocycles. The molecule has 0 aromatic carbocycles. The van der Waals surface area contributed by atoms with Gasteiger partial charge in [0.2, 0.25) is 11.7 Å². The van der Waals surface area contributed by atoms with E-state index in [2.05, 4.69) is 15.2 Å². The van der Waals surface area contributed by atoms with Crippen molar-refractivity contribution in [2.75, 3.05) is 27.2 Å². The molecule has 1 N–H and O–H groups in total. The predicted molar refractivity (Wildman–Crippen MR) is 63.7 cm³/mol. The molecular weight excluding hydrogens is 234 g/mol. The highest BCUT2D eigenvalue weighted by Crippen LogP contribution is 2.19. The molecule has 7 nitrogen and oxygen atoms in total. The number of aromatic nitrogens is 3. The number of piperidine rings is 1. The minimum Gasteiger partial charge on any atom is -0.349 e. The van der Waals surface area contributed by atoms with Crippen LogP contribution in [0.3, 0.4) is 0 Å². The fourth-order valence-electron chi connectivity index (χ4n) is 2.15. The molecule has 1 aliphatic heterocycles. The summed E-state index contributed by atoms with van der Waals surface area (Å²) < 4.78 is 0. The fraction of sp³-hybridized carbons (Fsp3) is 0.636. The Labute approximate surface area is 105 Å². The van der Waals surface area contributed by atoms with Gasteiger partial charge in [-0.15, -0.1) is 0 Å². The Bertz CT molecular complexity index is 421. The third kappa shape index (κ3) is 2.49. The second-order valence-corrected chi connectivity index (χ2v) is 4.63. The lowest BCUT2D eigenvalue weighted by atomic mass is 9.95. The first-order chi connectivity index (χ1) is 8.59. The molecule has 0 radical (unpaired) electrons. The smallest absolute Gasteiger partial charge is 0.291 e. The van der Waals surface area contributed by atoms with Crippen molar-refractivity contribution in [3.63, 3.8) is 0 Å². The Balaban J connectivity index is 1.91. The molecule has 1 fully saturated rings. The summed E-state index contributed by atoms with van der Waals surface area (Å²) in [5, 5.41) is 6.22. The third-order valence-electron chi connectivity index (χ3n) is 3.19. The highest BCUT2D eigenvalue weighted by molar-refractivity contribution is 5.90. The van der Waals surface area contributed by atoms with E-state index in [4.69, 9.17) is 0 Å². The van der Waals surface area contributed by atoms with Crippen LogP contribution < -0.4 is 0 Å². The van der Waals surface area contributed by atoms with Gasteiger partial charge in [0.1, 0.15) is 6.33 Å². The summed E-state index contributed by atoms with van der Waals surface area (Å²) in [6, 6.07) is 0. The van der Waals surface area contributed by atoms with E-state index in [1.54, 1.807) is 23.9 Å². The molecule has 0 aliphatic carbocycles. The van der Waals surface area contributed by atoms with Crippen LogP contribution in [-0.2, 0) is 4.79 Å². The second kappa shape index (κ2) is 5.16. The highest BCUT2D eigenvalue weighted by atomic mass is 16.2. The molecule has 2 amide bonds. The molecule has 1 aliphatic rings. The van der Waals surface area contributed by atoms with Crippen molar-refractivity contribution in [3.8, 4) is 0 Å².